The lowest BCUT2D eigenvalue weighted by molar-refractivity contribution is 1.49. The number of benzene rings is 3. The molecule has 0 amide bonds. The molecule has 3 aromatic rings. The molecule has 0 aliphatic rings. The minimum absolute atomic E-state index is 1.34. The van der Waals surface area contributed by atoms with Crippen molar-refractivity contribution in [2.24, 2.45) is 0 Å². The van der Waals surface area contributed by atoms with E-state index in [2.05, 4.69) is 63.2 Å². The summed E-state index contributed by atoms with van der Waals surface area (Å²) in [6.45, 7) is 6.49. The molecule has 0 heteroatoms. The number of rotatable bonds is 0. The molecule has 0 unspecified atom stereocenters. The van der Waals surface area contributed by atoms with Crippen LogP contribution in [0.15, 0.2) is 36.4 Å². The zero-order valence-corrected chi connectivity index (χ0v) is 10.5. The Balaban J connectivity index is 2.76. The molecule has 0 aliphatic carbocycles. The molecule has 0 bridgehead atoms. The minimum Gasteiger partial charge on any atom is -0.0798 e. The molecule has 0 spiro atoms. The molecule has 0 aromatic heterocycles. The average Bonchev–Trinajstić information content (AvgIpc) is 2.35. The van der Waals surface area contributed by atoms with E-state index in [1.54, 1.807) is 0 Å². The molecule has 84 valence electrons. The van der Waals surface area contributed by atoms with Crippen LogP contribution in [0.25, 0.3) is 27.6 Å². The van der Waals surface area contributed by atoms with Gasteiger partial charge in [0.15, 0.2) is 0 Å². The second-order valence-electron chi connectivity index (χ2n) is 4.73. The molecule has 0 aliphatic heterocycles. The summed E-state index contributed by atoms with van der Waals surface area (Å²) in [7, 11) is 0. The molecule has 0 saturated carbocycles. The Labute approximate surface area is 102 Å². The smallest absolute Gasteiger partial charge is 0.00276 e. The first-order valence-corrected chi connectivity index (χ1v) is 6.10. The zero-order chi connectivity index (χ0) is 12.0. The van der Waals surface area contributed by atoms with Crippen molar-refractivity contribution in [3.8, 4) is 0 Å². The maximum Gasteiger partial charge on any atom is -0.00276 e. The highest BCUT2D eigenvalue weighted by molar-refractivity contribution is 6.12. The summed E-state index contributed by atoms with van der Waals surface area (Å²) in [5.41, 5.74) is 2.72. The quantitative estimate of drug-likeness (QED) is 0.534. The third kappa shape index (κ3) is 1.37. The highest BCUT2D eigenvalue weighted by atomic mass is 14.1. The fraction of sp³-hybridized carbons (Fsp3) is 0.176. The number of hydrogen-bond acceptors (Lipinski definition) is 0. The summed E-state index contributed by atoms with van der Waals surface area (Å²) in [5.74, 6) is 0. The van der Waals surface area contributed by atoms with Gasteiger partial charge in [-0.3, -0.25) is 0 Å². The van der Waals surface area contributed by atoms with Crippen LogP contribution in [0, 0.1) is 13.8 Å². The first-order valence-electron chi connectivity index (χ1n) is 6.10. The van der Waals surface area contributed by atoms with Gasteiger partial charge in [0.1, 0.15) is 0 Å². The maximum atomic E-state index is 2.25. The molecule has 0 radical (unpaired) electrons. The van der Waals surface area contributed by atoms with E-state index in [-0.39, 0.29) is 0 Å². The lowest BCUT2D eigenvalue weighted by atomic mass is 9.93. The van der Waals surface area contributed by atoms with Crippen molar-refractivity contribution in [3.63, 3.8) is 0 Å². The summed E-state index contributed by atoms with van der Waals surface area (Å²) < 4.78 is 0. The molecule has 0 fully saturated rings. The van der Waals surface area contributed by atoms with Gasteiger partial charge >= 0.3 is 0 Å². The predicted octanol–water partition coefficient (Wildman–Crippen LogP) is 4.13. The Morgan fingerprint density at radius 1 is 0.765 bits per heavy atom. The summed E-state index contributed by atoms with van der Waals surface area (Å²) in [6.07, 6.45) is 2.20. The maximum absolute atomic E-state index is 2.25. The fourth-order valence-electron chi connectivity index (χ4n) is 2.74. The Morgan fingerprint density at radius 2 is 1.47 bits per heavy atom. The van der Waals surface area contributed by atoms with Crippen LogP contribution >= 0.6 is 0 Å². The van der Waals surface area contributed by atoms with E-state index in [0.29, 0.717) is 0 Å². The molecule has 0 nitrogen and oxygen atoms in total. The van der Waals surface area contributed by atoms with Crippen LogP contribution < -0.4 is 5.22 Å². The van der Waals surface area contributed by atoms with Crippen molar-refractivity contribution in [2.45, 2.75) is 20.8 Å². The number of aryl methyl sites for hydroxylation is 2. The van der Waals surface area contributed by atoms with Crippen molar-refractivity contribution in [2.75, 3.05) is 0 Å². The normalized spacial score (nSPS) is 12.8. The Bertz CT molecular complexity index is 764. The van der Waals surface area contributed by atoms with E-state index in [1.807, 2.05) is 0 Å². The molecule has 0 atom stereocenters. The first-order chi connectivity index (χ1) is 8.22. The van der Waals surface area contributed by atoms with Crippen LogP contribution in [0.5, 0.6) is 0 Å². The van der Waals surface area contributed by atoms with Crippen molar-refractivity contribution in [1.29, 1.82) is 0 Å². The van der Waals surface area contributed by atoms with Gasteiger partial charge in [0, 0.05) is 0 Å². The molecule has 0 heterocycles. The standard InChI is InChI=1S/C17H16/c1-4-13-8-9-14-7-5-11(2)15-10-6-12(3)16(13)17(14)15/h4-10H,1-3H3/b13-4-. The van der Waals surface area contributed by atoms with Gasteiger partial charge < -0.3 is 0 Å². The molecule has 0 N–H and O–H groups in total. The second-order valence-corrected chi connectivity index (χ2v) is 4.73. The lowest BCUT2D eigenvalue weighted by Gasteiger charge is -2.11. The van der Waals surface area contributed by atoms with Crippen molar-refractivity contribution in [3.05, 3.63) is 52.7 Å². The van der Waals surface area contributed by atoms with Crippen LogP contribution in [0.3, 0.4) is 0 Å². The molecule has 3 aromatic carbocycles. The van der Waals surface area contributed by atoms with E-state index in [1.165, 1.54) is 37.9 Å². The third-order valence-corrected chi connectivity index (χ3v) is 3.68. The Kier molecular flexibility index (Phi) is 2.19. The molecular formula is C17H16. The highest BCUT2D eigenvalue weighted by Gasteiger charge is 2.06. The molecule has 3 rings (SSSR count). The van der Waals surface area contributed by atoms with E-state index in [4.69, 9.17) is 0 Å². The van der Waals surface area contributed by atoms with Gasteiger partial charge in [0.05, 0.1) is 0 Å². The summed E-state index contributed by atoms with van der Waals surface area (Å²) in [6, 6.07) is 13.4. The van der Waals surface area contributed by atoms with E-state index < -0.39 is 0 Å². The SMILES string of the molecule is C/C=c1/ccc2ccc(C)c3ccc(C)c1c23. The molecule has 17 heavy (non-hydrogen) atoms. The predicted molar refractivity (Wildman–Crippen MR) is 76.3 cm³/mol. The molecule has 0 saturated heterocycles. The van der Waals surface area contributed by atoms with Crippen molar-refractivity contribution >= 4 is 27.6 Å². The van der Waals surface area contributed by atoms with Crippen LogP contribution in [0.4, 0.5) is 0 Å². The first kappa shape index (κ1) is 10.3. The van der Waals surface area contributed by atoms with Gasteiger partial charge in [-0.1, -0.05) is 42.5 Å². The van der Waals surface area contributed by atoms with E-state index in [9.17, 15) is 0 Å². The Hall–Kier alpha value is -1.82. The number of hydrogen-bond donors (Lipinski definition) is 0. The topological polar surface area (TPSA) is 0 Å². The largest absolute Gasteiger partial charge is 0.0798 e. The minimum atomic E-state index is 1.34. The van der Waals surface area contributed by atoms with Crippen LogP contribution in [-0.2, 0) is 0 Å². The van der Waals surface area contributed by atoms with Gasteiger partial charge in [0.25, 0.3) is 0 Å². The van der Waals surface area contributed by atoms with Crippen LogP contribution in [0.2, 0.25) is 0 Å². The van der Waals surface area contributed by atoms with Gasteiger partial charge in [-0.15, -0.1) is 0 Å². The zero-order valence-electron chi connectivity index (χ0n) is 10.5. The summed E-state index contributed by atoms with van der Waals surface area (Å²) in [5, 5.41) is 6.89. The van der Waals surface area contributed by atoms with Crippen LogP contribution in [0.1, 0.15) is 18.1 Å². The van der Waals surface area contributed by atoms with Crippen molar-refractivity contribution in [1.82, 2.24) is 0 Å². The lowest BCUT2D eigenvalue weighted by Crippen LogP contribution is -2.03. The van der Waals surface area contributed by atoms with Crippen LogP contribution in [-0.4, -0.2) is 0 Å². The summed E-state index contributed by atoms with van der Waals surface area (Å²) in [4.78, 5) is 0. The van der Waals surface area contributed by atoms with Gasteiger partial charge in [-0.25, -0.2) is 0 Å². The Morgan fingerprint density at radius 3 is 2.24 bits per heavy atom. The highest BCUT2D eigenvalue weighted by Crippen LogP contribution is 2.29. The van der Waals surface area contributed by atoms with Gasteiger partial charge in [0.2, 0.25) is 0 Å². The summed E-state index contributed by atoms with van der Waals surface area (Å²) >= 11 is 0. The second kappa shape index (κ2) is 3.59. The van der Waals surface area contributed by atoms with Gasteiger partial charge in [-0.05, 0) is 58.7 Å². The third-order valence-electron chi connectivity index (χ3n) is 3.68. The monoisotopic (exact) mass is 220 g/mol. The fourth-order valence-corrected chi connectivity index (χ4v) is 2.74. The van der Waals surface area contributed by atoms with E-state index >= 15 is 0 Å². The van der Waals surface area contributed by atoms with Crippen molar-refractivity contribution < 1.29 is 0 Å². The van der Waals surface area contributed by atoms with E-state index in [0.717, 1.165) is 0 Å². The molecular weight excluding hydrogens is 204 g/mol. The van der Waals surface area contributed by atoms with Gasteiger partial charge in [-0.2, -0.15) is 0 Å². The average molecular weight is 220 g/mol.